The van der Waals surface area contributed by atoms with Gasteiger partial charge in [0.1, 0.15) is 0 Å². The average molecular weight is 285 g/mol. The highest BCUT2D eigenvalue weighted by Crippen LogP contribution is 2.34. The van der Waals surface area contributed by atoms with Gasteiger partial charge in [0.15, 0.2) is 5.82 Å². The van der Waals surface area contributed by atoms with E-state index in [1.54, 1.807) is 17.1 Å². The molecule has 2 N–H and O–H groups in total. The molecule has 7 nitrogen and oxygen atoms in total. The molecule has 104 valence electrons. The molecule has 3 rings (SSSR count). The van der Waals surface area contributed by atoms with Gasteiger partial charge in [-0.15, -0.1) is 17.5 Å². The van der Waals surface area contributed by atoms with Crippen LogP contribution in [0.15, 0.2) is 16.9 Å². The molecule has 1 fully saturated rings. The Kier molecular flexibility index (Phi) is 4.16. The summed E-state index contributed by atoms with van der Waals surface area (Å²) in [6, 6.07) is 0. The van der Waals surface area contributed by atoms with Gasteiger partial charge in [0, 0.05) is 12.6 Å². The van der Waals surface area contributed by atoms with Crippen molar-refractivity contribution in [1.29, 1.82) is 0 Å². The molecule has 0 atom stereocenters. The smallest absolute Gasteiger partial charge is 0.228 e. The van der Waals surface area contributed by atoms with Crippen molar-refractivity contribution >= 4 is 12.4 Å². The maximum absolute atomic E-state index is 6.27. The summed E-state index contributed by atoms with van der Waals surface area (Å²) >= 11 is 0. The van der Waals surface area contributed by atoms with Crippen molar-refractivity contribution in [3.05, 3.63) is 24.1 Å². The van der Waals surface area contributed by atoms with Crippen molar-refractivity contribution in [2.24, 2.45) is 5.73 Å². The second kappa shape index (κ2) is 5.66. The highest BCUT2D eigenvalue weighted by Gasteiger charge is 2.35. The highest BCUT2D eigenvalue weighted by molar-refractivity contribution is 5.85. The number of hydrogen-bond donors (Lipinski definition) is 1. The molecule has 0 spiro atoms. The minimum atomic E-state index is -0.380. The second-order valence-electron chi connectivity index (χ2n) is 4.79. The van der Waals surface area contributed by atoms with E-state index in [0.717, 1.165) is 25.7 Å². The number of halogens is 1. The molecule has 0 saturated heterocycles. The molecule has 0 bridgehead atoms. The Labute approximate surface area is 117 Å². The lowest BCUT2D eigenvalue weighted by molar-refractivity contribution is 0.343. The number of nitrogens with two attached hydrogens (primary N) is 1. The van der Waals surface area contributed by atoms with Crippen LogP contribution in [0.4, 0.5) is 0 Å². The van der Waals surface area contributed by atoms with Gasteiger partial charge in [0.25, 0.3) is 0 Å². The second-order valence-corrected chi connectivity index (χ2v) is 4.79. The zero-order chi connectivity index (χ0) is 12.4. The van der Waals surface area contributed by atoms with Gasteiger partial charge in [-0.05, 0) is 12.8 Å². The Balaban J connectivity index is 0.00000133. The standard InChI is InChI=1S/C11H16N6O.ClH/c12-11(4-1-2-5-11)10-14-9(18-15-10)3-7-17-8-6-13-16-17;/h6,8H,1-5,7,12H2;1H. The van der Waals surface area contributed by atoms with Gasteiger partial charge in [0.05, 0.1) is 18.3 Å². The Hall–Kier alpha value is -1.47. The Morgan fingerprint density at radius 3 is 2.84 bits per heavy atom. The van der Waals surface area contributed by atoms with E-state index in [-0.39, 0.29) is 17.9 Å². The summed E-state index contributed by atoms with van der Waals surface area (Å²) in [6.45, 7) is 0.680. The van der Waals surface area contributed by atoms with Crippen molar-refractivity contribution < 1.29 is 4.52 Å². The molecule has 19 heavy (non-hydrogen) atoms. The van der Waals surface area contributed by atoms with Crippen LogP contribution in [0.3, 0.4) is 0 Å². The molecule has 1 aliphatic carbocycles. The predicted octanol–water partition coefficient (Wildman–Crippen LogP) is 1.05. The van der Waals surface area contributed by atoms with Gasteiger partial charge >= 0.3 is 0 Å². The molecule has 0 aliphatic heterocycles. The molecule has 0 radical (unpaired) electrons. The molecule has 8 heteroatoms. The molecular formula is C11H17ClN6O. The van der Waals surface area contributed by atoms with Gasteiger partial charge in [-0.2, -0.15) is 4.98 Å². The molecular weight excluding hydrogens is 268 g/mol. The van der Waals surface area contributed by atoms with Crippen LogP contribution in [0.25, 0.3) is 0 Å². The van der Waals surface area contributed by atoms with Crippen molar-refractivity contribution in [3.63, 3.8) is 0 Å². The van der Waals surface area contributed by atoms with Crippen LogP contribution in [0.2, 0.25) is 0 Å². The van der Waals surface area contributed by atoms with Gasteiger partial charge in [-0.1, -0.05) is 23.2 Å². The summed E-state index contributed by atoms with van der Waals surface area (Å²) in [5, 5.41) is 11.6. The van der Waals surface area contributed by atoms with E-state index < -0.39 is 0 Å². The summed E-state index contributed by atoms with van der Waals surface area (Å²) in [5.41, 5.74) is 5.89. The maximum atomic E-state index is 6.27. The van der Waals surface area contributed by atoms with E-state index in [9.17, 15) is 0 Å². The Bertz CT molecular complexity index is 505. The third-order valence-electron chi connectivity index (χ3n) is 3.44. The quantitative estimate of drug-likeness (QED) is 0.902. The summed E-state index contributed by atoms with van der Waals surface area (Å²) < 4.78 is 6.97. The van der Waals surface area contributed by atoms with Crippen molar-refractivity contribution in [2.45, 2.75) is 44.2 Å². The zero-order valence-corrected chi connectivity index (χ0v) is 11.3. The summed E-state index contributed by atoms with van der Waals surface area (Å²) in [7, 11) is 0. The molecule has 2 heterocycles. The molecule has 1 saturated carbocycles. The predicted molar refractivity (Wildman–Crippen MR) is 69.6 cm³/mol. The average Bonchev–Trinajstić information content (AvgIpc) is 3.08. The minimum absolute atomic E-state index is 0. The molecule has 2 aromatic heterocycles. The van der Waals surface area contributed by atoms with Crippen LogP contribution in [0, 0.1) is 0 Å². The largest absolute Gasteiger partial charge is 0.339 e. The number of aryl methyl sites for hydroxylation is 2. The highest BCUT2D eigenvalue weighted by atomic mass is 35.5. The topological polar surface area (TPSA) is 95.7 Å². The lowest BCUT2D eigenvalue weighted by Gasteiger charge is -2.17. The third-order valence-corrected chi connectivity index (χ3v) is 3.44. The molecule has 0 amide bonds. The molecule has 0 unspecified atom stereocenters. The summed E-state index contributed by atoms with van der Waals surface area (Å²) in [4.78, 5) is 4.40. The van der Waals surface area contributed by atoms with Crippen molar-refractivity contribution in [2.75, 3.05) is 0 Å². The van der Waals surface area contributed by atoms with Gasteiger partial charge in [-0.25, -0.2) is 0 Å². The van der Waals surface area contributed by atoms with Crippen LogP contribution in [0.5, 0.6) is 0 Å². The van der Waals surface area contributed by atoms with Crippen LogP contribution in [0.1, 0.15) is 37.4 Å². The molecule has 0 aromatic carbocycles. The minimum Gasteiger partial charge on any atom is -0.339 e. The maximum Gasteiger partial charge on any atom is 0.228 e. The van der Waals surface area contributed by atoms with E-state index >= 15 is 0 Å². The van der Waals surface area contributed by atoms with E-state index in [1.165, 1.54) is 0 Å². The fourth-order valence-corrected chi connectivity index (χ4v) is 2.35. The van der Waals surface area contributed by atoms with Crippen LogP contribution in [-0.2, 0) is 18.5 Å². The number of nitrogens with zero attached hydrogens (tertiary/aromatic N) is 5. The number of rotatable bonds is 4. The fraction of sp³-hybridized carbons (Fsp3) is 0.636. The first-order chi connectivity index (χ1) is 8.76. The van der Waals surface area contributed by atoms with Gasteiger partial charge in [0.2, 0.25) is 5.89 Å². The van der Waals surface area contributed by atoms with Gasteiger partial charge < -0.3 is 10.3 Å². The third kappa shape index (κ3) is 2.93. The number of aromatic nitrogens is 5. The fourth-order valence-electron chi connectivity index (χ4n) is 2.35. The van der Waals surface area contributed by atoms with E-state index in [1.807, 2.05) is 0 Å². The molecule has 1 aliphatic rings. The van der Waals surface area contributed by atoms with Crippen molar-refractivity contribution in [3.8, 4) is 0 Å². The summed E-state index contributed by atoms with van der Waals surface area (Å²) in [5.74, 6) is 1.26. The van der Waals surface area contributed by atoms with Crippen LogP contribution < -0.4 is 5.73 Å². The normalized spacial score (nSPS) is 17.3. The lowest BCUT2D eigenvalue weighted by Crippen LogP contribution is -2.34. The first kappa shape index (κ1) is 14.0. The van der Waals surface area contributed by atoms with Crippen LogP contribution in [-0.4, -0.2) is 25.1 Å². The number of hydrogen-bond acceptors (Lipinski definition) is 6. The zero-order valence-electron chi connectivity index (χ0n) is 10.5. The Morgan fingerprint density at radius 1 is 1.37 bits per heavy atom. The lowest BCUT2D eigenvalue weighted by atomic mass is 9.99. The first-order valence-corrected chi connectivity index (χ1v) is 6.22. The first-order valence-electron chi connectivity index (χ1n) is 6.22. The van der Waals surface area contributed by atoms with Crippen molar-refractivity contribution in [1.82, 2.24) is 25.1 Å². The van der Waals surface area contributed by atoms with E-state index in [2.05, 4.69) is 20.5 Å². The van der Waals surface area contributed by atoms with Crippen LogP contribution >= 0.6 is 12.4 Å². The van der Waals surface area contributed by atoms with E-state index in [0.29, 0.717) is 24.7 Å². The Morgan fingerprint density at radius 2 is 2.16 bits per heavy atom. The monoisotopic (exact) mass is 284 g/mol. The SMILES string of the molecule is Cl.NC1(c2noc(CCn3ccnn3)n2)CCCC1. The summed E-state index contributed by atoms with van der Waals surface area (Å²) in [6.07, 6.45) is 8.25. The van der Waals surface area contributed by atoms with E-state index in [4.69, 9.17) is 10.3 Å². The van der Waals surface area contributed by atoms with Gasteiger partial charge in [-0.3, -0.25) is 4.68 Å². The molecule has 2 aromatic rings.